The number of carbonyl (C=O) groups is 1. The van der Waals surface area contributed by atoms with Crippen molar-refractivity contribution in [1.29, 1.82) is 0 Å². The molecule has 0 aliphatic heterocycles. The predicted molar refractivity (Wildman–Crippen MR) is 86.6 cm³/mol. The molecular formula is C16H27N3O2. The van der Waals surface area contributed by atoms with Gasteiger partial charge in [0.2, 0.25) is 5.91 Å². The number of hydrogen-bond donors (Lipinski definition) is 2. The Labute approximate surface area is 127 Å². The van der Waals surface area contributed by atoms with E-state index in [1.54, 1.807) is 0 Å². The second-order valence-electron chi connectivity index (χ2n) is 5.33. The third-order valence-corrected chi connectivity index (χ3v) is 3.03. The number of nitrogens with two attached hydrogens (primary N) is 1. The number of nitrogens with one attached hydrogen (secondary N) is 1. The van der Waals surface area contributed by atoms with Crippen molar-refractivity contribution >= 4 is 11.6 Å². The number of amides is 1. The Bertz CT molecular complexity index is 422. The Morgan fingerprint density at radius 3 is 2.81 bits per heavy atom. The molecule has 0 atom stereocenters. The average molecular weight is 293 g/mol. The molecule has 21 heavy (non-hydrogen) atoms. The number of hydrogen-bond acceptors (Lipinski definition) is 4. The minimum Gasteiger partial charge on any atom is -0.492 e. The van der Waals surface area contributed by atoms with Crippen molar-refractivity contribution in [3.63, 3.8) is 0 Å². The normalized spacial score (nSPS) is 10.7. The quantitative estimate of drug-likeness (QED) is 0.648. The van der Waals surface area contributed by atoms with E-state index in [1.165, 1.54) is 0 Å². The van der Waals surface area contributed by atoms with Crippen LogP contribution >= 0.6 is 0 Å². The Kier molecular flexibility index (Phi) is 8.47. The van der Waals surface area contributed by atoms with Gasteiger partial charge in [-0.25, -0.2) is 0 Å². The molecule has 0 heterocycles. The van der Waals surface area contributed by atoms with Crippen molar-refractivity contribution in [1.82, 2.24) is 4.90 Å². The zero-order chi connectivity index (χ0) is 15.5. The molecule has 1 aromatic carbocycles. The van der Waals surface area contributed by atoms with Gasteiger partial charge in [0, 0.05) is 24.7 Å². The molecule has 0 saturated carbocycles. The van der Waals surface area contributed by atoms with Gasteiger partial charge in [-0.2, -0.15) is 0 Å². The third kappa shape index (κ3) is 8.32. The van der Waals surface area contributed by atoms with Crippen molar-refractivity contribution < 1.29 is 9.53 Å². The van der Waals surface area contributed by atoms with Gasteiger partial charge in [-0.15, -0.1) is 0 Å². The van der Waals surface area contributed by atoms with Crippen LogP contribution in [-0.2, 0) is 4.79 Å². The van der Waals surface area contributed by atoms with E-state index >= 15 is 0 Å². The minimum absolute atomic E-state index is 0.0393. The second-order valence-corrected chi connectivity index (χ2v) is 5.33. The summed E-state index contributed by atoms with van der Waals surface area (Å²) in [6.45, 7) is 2.18. The van der Waals surface area contributed by atoms with Crippen LogP contribution in [0.3, 0.4) is 0 Å². The molecule has 0 spiro atoms. The molecule has 0 unspecified atom stereocenters. The first-order valence-electron chi connectivity index (χ1n) is 7.49. The van der Waals surface area contributed by atoms with Crippen LogP contribution < -0.4 is 15.8 Å². The first-order chi connectivity index (χ1) is 10.1. The molecule has 0 fully saturated rings. The number of carbonyl (C=O) groups excluding carboxylic acids is 1. The second kappa shape index (κ2) is 10.2. The lowest BCUT2D eigenvalue weighted by molar-refractivity contribution is -0.116. The first-order valence-corrected chi connectivity index (χ1v) is 7.49. The molecule has 1 aromatic rings. The van der Waals surface area contributed by atoms with E-state index in [-0.39, 0.29) is 5.91 Å². The van der Waals surface area contributed by atoms with Gasteiger partial charge in [-0.1, -0.05) is 12.5 Å². The maximum atomic E-state index is 11.8. The largest absolute Gasteiger partial charge is 0.492 e. The van der Waals surface area contributed by atoms with Crippen molar-refractivity contribution in [2.45, 2.75) is 25.7 Å². The number of likely N-dealkylation sites (N-methyl/N-ethyl adjacent to an activating group) is 1. The van der Waals surface area contributed by atoms with Crippen LogP contribution in [0.25, 0.3) is 0 Å². The Hall–Kier alpha value is -1.59. The van der Waals surface area contributed by atoms with E-state index in [1.807, 2.05) is 38.4 Å². The van der Waals surface area contributed by atoms with Crippen LogP contribution in [0.5, 0.6) is 5.75 Å². The summed E-state index contributed by atoms with van der Waals surface area (Å²) in [7, 11) is 4.01. The molecule has 0 aliphatic carbocycles. The Morgan fingerprint density at radius 2 is 2.10 bits per heavy atom. The highest BCUT2D eigenvalue weighted by molar-refractivity contribution is 5.90. The fourth-order valence-corrected chi connectivity index (χ4v) is 1.84. The fraction of sp³-hybridized carbons (Fsp3) is 0.562. The minimum atomic E-state index is 0.0393. The first kappa shape index (κ1) is 17.5. The molecule has 0 aliphatic rings. The zero-order valence-electron chi connectivity index (χ0n) is 13.1. The van der Waals surface area contributed by atoms with Gasteiger partial charge in [-0.3, -0.25) is 4.79 Å². The van der Waals surface area contributed by atoms with Gasteiger partial charge in [-0.05, 0) is 45.6 Å². The Balaban J connectivity index is 2.35. The lowest BCUT2D eigenvalue weighted by Crippen LogP contribution is -2.19. The van der Waals surface area contributed by atoms with E-state index in [0.29, 0.717) is 19.6 Å². The van der Waals surface area contributed by atoms with Crippen LogP contribution in [0.1, 0.15) is 25.7 Å². The number of benzene rings is 1. The standard InChI is InChI=1S/C16H27N3O2/c1-19(2)11-12-21-15-8-6-7-14(13-15)18-16(20)9-4-3-5-10-17/h6-8,13H,3-5,9-12,17H2,1-2H3,(H,18,20). The topological polar surface area (TPSA) is 67.6 Å². The monoisotopic (exact) mass is 293 g/mol. The lowest BCUT2D eigenvalue weighted by atomic mass is 10.2. The number of unbranched alkanes of at least 4 members (excludes halogenated alkanes) is 2. The molecule has 3 N–H and O–H groups in total. The number of ether oxygens (including phenoxy) is 1. The lowest BCUT2D eigenvalue weighted by Gasteiger charge is -2.12. The summed E-state index contributed by atoms with van der Waals surface area (Å²) in [4.78, 5) is 13.9. The van der Waals surface area contributed by atoms with Crippen molar-refractivity contribution in [2.24, 2.45) is 5.73 Å². The maximum Gasteiger partial charge on any atom is 0.224 e. The number of rotatable bonds is 10. The van der Waals surface area contributed by atoms with Crippen molar-refractivity contribution in [2.75, 3.05) is 39.1 Å². The Morgan fingerprint density at radius 1 is 1.29 bits per heavy atom. The summed E-state index contributed by atoms with van der Waals surface area (Å²) >= 11 is 0. The number of anilines is 1. The SMILES string of the molecule is CN(C)CCOc1cccc(NC(=O)CCCCCN)c1. The highest BCUT2D eigenvalue weighted by atomic mass is 16.5. The summed E-state index contributed by atoms with van der Waals surface area (Å²) in [5, 5.41) is 2.90. The summed E-state index contributed by atoms with van der Waals surface area (Å²) < 4.78 is 5.65. The van der Waals surface area contributed by atoms with Gasteiger partial charge < -0.3 is 20.7 Å². The van der Waals surface area contributed by atoms with Crippen LogP contribution in [0.4, 0.5) is 5.69 Å². The highest BCUT2D eigenvalue weighted by Crippen LogP contribution is 2.17. The summed E-state index contributed by atoms with van der Waals surface area (Å²) in [5.41, 5.74) is 6.21. The zero-order valence-corrected chi connectivity index (χ0v) is 13.1. The fourth-order valence-electron chi connectivity index (χ4n) is 1.84. The molecule has 5 heteroatoms. The van der Waals surface area contributed by atoms with Crippen LogP contribution in [-0.4, -0.2) is 44.6 Å². The third-order valence-electron chi connectivity index (χ3n) is 3.03. The van der Waals surface area contributed by atoms with Crippen molar-refractivity contribution in [3.05, 3.63) is 24.3 Å². The molecule has 1 amide bonds. The van der Waals surface area contributed by atoms with E-state index < -0.39 is 0 Å². The van der Waals surface area contributed by atoms with Gasteiger partial charge >= 0.3 is 0 Å². The molecule has 1 rings (SSSR count). The van der Waals surface area contributed by atoms with E-state index in [9.17, 15) is 4.79 Å². The van der Waals surface area contributed by atoms with Gasteiger partial charge in [0.25, 0.3) is 0 Å². The van der Waals surface area contributed by atoms with Gasteiger partial charge in [0.05, 0.1) is 0 Å². The van der Waals surface area contributed by atoms with E-state index in [4.69, 9.17) is 10.5 Å². The highest BCUT2D eigenvalue weighted by Gasteiger charge is 2.03. The maximum absolute atomic E-state index is 11.8. The summed E-state index contributed by atoms with van der Waals surface area (Å²) in [6.07, 6.45) is 3.38. The van der Waals surface area contributed by atoms with Gasteiger partial charge in [0.15, 0.2) is 0 Å². The van der Waals surface area contributed by atoms with Crippen LogP contribution in [0.15, 0.2) is 24.3 Å². The summed E-state index contributed by atoms with van der Waals surface area (Å²) in [5.74, 6) is 0.815. The smallest absolute Gasteiger partial charge is 0.224 e. The molecule has 5 nitrogen and oxygen atoms in total. The molecule has 0 radical (unpaired) electrons. The van der Waals surface area contributed by atoms with Crippen molar-refractivity contribution in [3.8, 4) is 5.75 Å². The molecule has 0 bridgehead atoms. The molecule has 0 aromatic heterocycles. The predicted octanol–water partition coefficient (Wildman–Crippen LogP) is 2.08. The molecular weight excluding hydrogens is 266 g/mol. The number of nitrogens with zero attached hydrogens (tertiary/aromatic N) is 1. The van der Waals surface area contributed by atoms with E-state index in [2.05, 4.69) is 10.2 Å². The van der Waals surface area contributed by atoms with Crippen LogP contribution in [0, 0.1) is 0 Å². The molecule has 118 valence electrons. The molecule has 0 saturated heterocycles. The van der Waals surface area contributed by atoms with E-state index in [0.717, 1.165) is 37.2 Å². The van der Waals surface area contributed by atoms with Gasteiger partial charge in [0.1, 0.15) is 12.4 Å². The van der Waals surface area contributed by atoms with Crippen LogP contribution in [0.2, 0.25) is 0 Å². The summed E-state index contributed by atoms with van der Waals surface area (Å²) in [6, 6.07) is 7.51. The average Bonchev–Trinajstić information content (AvgIpc) is 2.44.